The van der Waals surface area contributed by atoms with Crippen LogP contribution in [0.5, 0.6) is 0 Å². The first-order valence-corrected chi connectivity index (χ1v) is 7.09. The van der Waals surface area contributed by atoms with Crippen LogP contribution in [0.15, 0.2) is 0 Å². The van der Waals surface area contributed by atoms with Gasteiger partial charge in [-0.25, -0.2) is 0 Å². The van der Waals surface area contributed by atoms with Crippen LogP contribution in [0.4, 0.5) is 0 Å². The van der Waals surface area contributed by atoms with E-state index in [4.69, 9.17) is 0 Å². The molecule has 0 aromatic rings. The highest BCUT2D eigenvalue weighted by atomic mass is 14.9. The lowest BCUT2D eigenvalue weighted by atomic mass is 10.2. The standard InChI is InChI=1S/C5H11N.C4H10.2C2H6.CH5N/c1-5-2-3-6-4-5;1-3-4-2;3*1-2/h5-6H,2-4H2,1H3;3-4H2,1-2H3;2*1-2H3;2H2,1H3. The Morgan fingerprint density at radius 2 is 1.38 bits per heavy atom. The predicted molar refractivity (Wildman–Crippen MR) is 80.0 cm³/mol. The summed E-state index contributed by atoms with van der Waals surface area (Å²) >= 11 is 0. The predicted octanol–water partition coefficient (Wildman–Crippen LogP) is 4.05. The van der Waals surface area contributed by atoms with E-state index in [1.165, 1.54) is 39.4 Å². The van der Waals surface area contributed by atoms with Gasteiger partial charge in [-0.1, -0.05) is 61.3 Å². The maximum Gasteiger partial charge on any atom is -0.00227 e. The van der Waals surface area contributed by atoms with Crippen LogP contribution < -0.4 is 11.1 Å². The zero-order valence-electron chi connectivity index (χ0n) is 13.2. The Bertz CT molecular complexity index is 57.8. The second-order valence-corrected chi connectivity index (χ2v) is 3.10. The first kappa shape index (κ1) is 24.9. The Hall–Kier alpha value is -0.0800. The summed E-state index contributed by atoms with van der Waals surface area (Å²) in [6, 6.07) is 0. The van der Waals surface area contributed by atoms with Crippen LogP contribution in [-0.4, -0.2) is 20.1 Å². The Balaban J connectivity index is -0.0000000639. The van der Waals surface area contributed by atoms with Crippen LogP contribution in [0.2, 0.25) is 0 Å². The quantitative estimate of drug-likeness (QED) is 0.718. The zero-order valence-corrected chi connectivity index (χ0v) is 13.2. The largest absolute Gasteiger partial charge is 0.333 e. The molecule has 1 unspecified atom stereocenters. The van der Waals surface area contributed by atoms with E-state index in [2.05, 4.69) is 31.8 Å². The van der Waals surface area contributed by atoms with Gasteiger partial charge in [0.15, 0.2) is 0 Å². The van der Waals surface area contributed by atoms with Gasteiger partial charge in [0.2, 0.25) is 0 Å². The molecular weight excluding hydrogens is 196 g/mol. The third-order valence-electron chi connectivity index (χ3n) is 1.81. The maximum absolute atomic E-state index is 4.50. The van der Waals surface area contributed by atoms with Crippen molar-refractivity contribution in [3.63, 3.8) is 0 Å². The minimum absolute atomic E-state index is 0.935. The monoisotopic (exact) mass is 234 g/mol. The molecule has 104 valence electrons. The van der Waals surface area contributed by atoms with Gasteiger partial charge in [0.25, 0.3) is 0 Å². The molecule has 16 heavy (non-hydrogen) atoms. The summed E-state index contributed by atoms with van der Waals surface area (Å²) in [5.74, 6) is 0.935. The summed E-state index contributed by atoms with van der Waals surface area (Å²) < 4.78 is 0. The normalized spacial score (nSPS) is 15.9. The van der Waals surface area contributed by atoms with Crippen LogP contribution in [0.1, 0.15) is 67.7 Å². The van der Waals surface area contributed by atoms with Gasteiger partial charge in [0, 0.05) is 0 Å². The highest BCUT2D eigenvalue weighted by molar-refractivity contribution is 4.65. The molecule has 1 rings (SSSR count). The molecule has 2 nitrogen and oxygen atoms in total. The van der Waals surface area contributed by atoms with Crippen molar-refractivity contribution in [3.8, 4) is 0 Å². The van der Waals surface area contributed by atoms with Gasteiger partial charge in [-0.2, -0.15) is 0 Å². The van der Waals surface area contributed by atoms with E-state index in [0.717, 1.165) is 5.92 Å². The fourth-order valence-electron chi connectivity index (χ4n) is 0.799. The first-order chi connectivity index (χ1) is 7.81. The Morgan fingerprint density at radius 1 is 1.00 bits per heavy atom. The fourth-order valence-corrected chi connectivity index (χ4v) is 0.799. The van der Waals surface area contributed by atoms with Crippen molar-refractivity contribution in [3.05, 3.63) is 0 Å². The lowest BCUT2D eigenvalue weighted by molar-refractivity contribution is 0.651. The molecule has 1 aliphatic heterocycles. The van der Waals surface area contributed by atoms with E-state index in [9.17, 15) is 0 Å². The fraction of sp³-hybridized carbons (Fsp3) is 1.00. The summed E-state index contributed by atoms with van der Waals surface area (Å²) in [4.78, 5) is 0. The number of hydrogen-bond donors (Lipinski definition) is 2. The molecule has 1 heterocycles. The maximum atomic E-state index is 4.50. The van der Waals surface area contributed by atoms with Gasteiger partial charge in [-0.3, -0.25) is 0 Å². The second kappa shape index (κ2) is 36.3. The molecule has 0 radical (unpaired) electrons. The minimum Gasteiger partial charge on any atom is -0.333 e. The number of rotatable bonds is 1. The SMILES string of the molecule is CC.CC.CC1CCNC1.CCCC.CN. The summed E-state index contributed by atoms with van der Waals surface area (Å²) in [5.41, 5.74) is 4.50. The van der Waals surface area contributed by atoms with Crippen LogP contribution >= 0.6 is 0 Å². The van der Waals surface area contributed by atoms with Crippen molar-refractivity contribution in [1.82, 2.24) is 5.32 Å². The zero-order chi connectivity index (χ0) is 13.8. The molecule has 1 atom stereocenters. The van der Waals surface area contributed by atoms with Crippen LogP contribution in [0.3, 0.4) is 0 Å². The van der Waals surface area contributed by atoms with Crippen LogP contribution in [-0.2, 0) is 0 Å². The smallest absolute Gasteiger partial charge is 0.00227 e. The minimum atomic E-state index is 0.935. The molecular formula is C14H38N2. The summed E-state index contributed by atoms with van der Waals surface area (Å²) in [5, 5.41) is 3.27. The average molecular weight is 234 g/mol. The van der Waals surface area contributed by atoms with Crippen molar-refractivity contribution in [1.29, 1.82) is 0 Å². The van der Waals surface area contributed by atoms with Crippen molar-refractivity contribution in [2.24, 2.45) is 11.7 Å². The molecule has 0 saturated carbocycles. The molecule has 3 N–H and O–H groups in total. The molecule has 1 fully saturated rings. The molecule has 0 amide bonds. The Kier molecular flexibility index (Phi) is 56.6. The average Bonchev–Trinajstić information content (AvgIpc) is 2.88. The summed E-state index contributed by atoms with van der Waals surface area (Å²) in [6.45, 7) is 17.1. The number of hydrogen-bond acceptors (Lipinski definition) is 2. The summed E-state index contributed by atoms with van der Waals surface area (Å²) in [7, 11) is 1.50. The molecule has 2 heteroatoms. The summed E-state index contributed by atoms with van der Waals surface area (Å²) in [6.07, 6.45) is 4.01. The lowest BCUT2D eigenvalue weighted by Crippen LogP contribution is -2.06. The van der Waals surface area contributed by atoms with Crippen molar-refractivity contribution in [2.75, 3.05) is 20.1 Å². The first-order valence-electron chi connectivity index (χ1n) is 7.09. The van der Waals surface area contributed by atoms with E-state index in [-0.39, 0.29) is 0 Å². The molecule has 1 saturated heterocycles. The van der Waals surface area contributed by atoms with E-state index in [1.807, 2.05) is 27.7 Å². The molecule has 0 spiro atoms. The van der Waals surface area contributed by atoms with Gasteiger partial charge >= 0.3 is 0 Å². The lowest BCUT2D eigenvalue weighted by Gasteiger charge is -1.90. The van der Waals surface area contributed by atoms with Crippen molar-refractivity contribution < 1.29 is 0 Å². The third kappa shape index (κ3) is 37.0. The third-order valence-corrected chi connectivity index (χ3v) is 1.81. The van der Waals surface area contributed by atoms with E-state index < -0.39 is 0 Å². The second-order valence-electron chi connectivity index (χ2n) is 3.10. The number of unbranched alkanes of at least 4 members (excludes halogenated alkanes) is 1. The Morgan fingerprint density at radius 3 is 1.44 bits per heavy atom. The van der Waals surface area contributed by atoms with Gasteiger partial charge in [-0.05, 0) is 32.5 Å². The molecule has 0 aliphatic carbocycles. The highest BCUT2D eigenvalue weighted by Gasteiger charge is 2.06. The van der Waals surface area contributed by atoms with Gasteiger partial charge in [0.1, 0.15) is 0 Å². The Labute approximate surface area is 105 Å². The van der Waals surface area contributed by atoms with Gasteiger partial charge in [-0.15, -0.1) is 0 Å². The van der Waals surface area contributed by atoms with E-state index >= 15 is 0 Å². The van der Waals surface area contributed by atoms with Crippen molar-refractivity contribution >= 4 is 0 Å². The molecule has 0 aromatic carbocycles. The van der Waals surface area contributed by atoms with Crippen LogP contribution in [0.25, 0.3) is 0 Å². The number of nitrogens with one attached hydrogen (secondary N) is 1. The topological polar surface area (TPSA) is 38.0 Å². The van der Waals surface area contributed by atoms with Gasteiger partial charge < -0.3 is 11.1 Å². The molecule has 0 aromatic heterocycles. The van der Waals surface area contributed by atoms with Crippen molar-refractivity contribution in [2.45, 2.75) is 67.7 Å². The van der Waals surface area contributed by atoms with E-state index in [0.29, 0.717) is 0 Å². The highest BCUT2D eigenvalue weighted by Crippen LogP contribution is 2.03. The molecule has 0 bridgehead atoms. The number of nitrogens with two attached hydrogens (primary N) is 1. The molecule has 1 aliphatic rings. The van der Waals surface area contributed by atoms with E-state index in [1.54, 1.807) is 0 Å². The van der Waals surface area contributed by atoms with Crippen LogP contribution in [0, 0.1) is 5.92 Å². The van der Waals surface area contributed by atoms with Gasteiger partial charge in [0.05, 0.1) is 0 Å².